The smallest absolute Gasteiger partial charge is 0.422 e. The van der Waals surface area contributed by atoms with E-state index in [-0.39, 0.29) is 22.9 Å². The summed E-state index contributed by atoms with van der Waals surface area (Å²) in [5.74, 6) is -0.572. The minimum absolute atomic E-state index is 0.0975. The van der Waals surface area contributed by atoms with Crippen LogP contribution in [-0.4, -0.2) is 23.7 Å². The van der Waals surface area contributed by atoms with Crippen LogP contribution in [0.2, 0.25) is 0 Å². The Hall–Kier alpha value is -2.60. The molecule has 0 saturated heterocycles. The monoisotopic (exact) mass is 383 g/mol. The molecular weight excluding hydrogens is 367 g/mol. The Kier molecular flexibility index (Phi) is 6.21. The van der Waals surface area contributed by atoms with Gasteiger partial charge in [0.15, 0.2) is 6.61 Å². The molecule has 2 rings (SSSR count). The van der Waals surface area contributed by atoms with Crippen molar-refractivity contribution in [2.24, 2.45) is 0 Å². The lowest BCUT2D eigenvalue weighted by molar-refractivity contribution is -0.153. The SMILES string of the molecule is CCCc1nc(C)c(C(=O)Nc2ccc(OCC(F)(F)F)c(C#N)c2)s1. The van der Waals surface area contributed by atoms with E-state index in [0.717, 1.165) is 17.8 Å². The number of alkyl halides is 3. The summed E-state index contributed by atoms with van der Waals surface area (Å²) in [6, 6.07) is 5.64. The van der Waals surface area contributed by atoms with E-state index in [1.165, 1.54) is 29.5 Å². The molecule has 1 heterocycles. The third kappa shape index (κ3) is 5.20. The average Bonchev–Trinajstić information content (AvgIpc) is 2.93. The number of nitriles is 1. The first kappa shape index (κ1) is 19.7. The minimum atomic E-state index is -4.50. The maximum Gasteiger partial charge on any atom is 0.422 e. The first-order chi connectivity index (χ1) is 12.2. The third-order valence-electron chi connectivity index (χ3n) is 3.26. The van der Waals surface area contributed by atoms with Crippen molar-refractivity contribution < 1.29 is 22.7 Å². The van der Waals surface area contributed by atoms with E-state index in [0.29, 0.717) is 10.6 Å². The van der Waals surface area contributed by atoms with Crippen LogP contribution in [0.4, 0.5) is 18.9 Å². The van der Waals surface area contributed by atoms with Crippen molar-refractivity contribution in [1.82, 2.24) is 4.98 Å². The fourth-order valence-electron chi connectivity index (χ4n) is 2.15. The van der Waals surface area contributed by atoms with Gasteiger partial charge in [-0.1, -0.05) is 6.92 Å². The van der Waals surface area contributed by atoms with Crippen molar-refractivity contribution in [2.45, 2.75) is 32.9 Å². The number of amides is 1. The highest BCUT2D eigenvalue weighted by Crippen LogP contribution is 2.26. The molecule has 1 N–H and O–H groups in total. The molecule has 138 valence electrons. The Morgan fingerprint density at radius 3 is 2.77 bits per heavy atom. The van der Waals surface area contributed by atoms with E-state index in [9.17, 15) is 18.0 Å². The molecule has 9 heteroatoms. The summed E-state index contributed by atoms with van der Waals surface area (Å²) in [5.41, 5.74) is 0.803. The zero-order valence-electron chi connectivity index (χ0n) is 14.1. The summed E-state index contributed by atoms with van der Waals surface area (Å²) in [6.07, 6.45) is -2.80. The molecule has 26 heavy (non-hydrogen) atoms. The molecule has 0 bridgehead atoms. The molecule has 0 aliphatic carbocycles. The summed E-state index contributed by atoms with van der Waals surface area (Å²) in [5, 5.41) is 12.6. The molecular formula is C17H16F3N3O2S. The predicted octanol–water partition coefficient (Wildman–Crippen LogP) is 4.47. The Labute approximate surface area is 152 Å². The third-order valence-corrected chi connectivity index (χ3v) is 4.48. The van der Waals surface area contributed by atoms with Gasteiger partial charge in [0, 0.05) is 5.69 Å². The van der Waals surface area contributed by atoms with Gasteiger partial charge in [0.25, 0.3) is 5.91 Å². The highest BCUT2D eigenvalue weighted by Gasteiger charge is 2.29. The van der Waals surface area contributed by atoms with Gasteiger partial charge in [-0.15, -0.1) is 11.3 Å². The second-order valence-corrected chi connectivity index (χ2v) is 6.54. The van der Waals surface area contributed by atoms with Crippen LogP contribution in [-0.2, 0) is 6.42 Å². The van der Waals surface area contributed by atoms with E-state index >= 15 is 0 Å². The van der Waals surface area contributed by atoms with Crippen molar-refractivity contribution in [3.63, 3.8) is 0 Å². The summed E-state index contributed by atoms with van der Waals surface area (Å²) in [4.78, 5) is 17.2. The van der Waals surface area contributed by atoms with Gasteiger partial charge in [-0.3, -0.25) is 4.79 Å². The summed E-state index contributed by atoms with van der Waals surface area (Å²) in [6.45, 7) is 2.26. The summed E-state index contributed by atoms with van der Waals surface area (Å²) in [7, 11) is 0. The summed E-state index contributed by atoms with van der Waals surface area (Å²) >= 11 is 1.30. The number of carbonyl (C=O) groups is 1. The van der Waals surface area contributed by atoms with E-state index in [1.54, 1.807) is 13.0 Å². The van der Waals surface area contributed by atoms with Crippen LogP contribution in [0, 0.1) is 18.3 Å². The number of hydrogen-bond donors (Lipinski definition) is 1. The molecule has 0 saturated carbocycles. The van der Waals surface area contributed by atoms with Crippen LogP contribution >= 0.6 is 11.3 Å². The lowest BCUT2D eigenvalue weighted by atomic mass is 10.2. The fraction of sp³-hybridized carbons (Fsp3) is 0.353. The van der Waals surface area contributed by atoms with Gasteiger partial charge in [-0.25, -0.2) is 4.98 Å². The normalized spacial score (nSPS) is 11.1. The highest BCUT2D eigenvalue weighted by atomic mass is 32.1. The lowest BCUT2D eigenvalue weighted by Gasteiger charge is -2.11. The average molecular weight is 383 g/mol. The molecule has 0 aliphatic heterocycles. The molecule has 0 radical (unpaired) electrons. The maximum absolute atomic E-state index is 12.4. The molecule has 5 nitrogen and oxygen atoms in total. The number of ether oxygens (including phenoxy) is 1. The standard InChI is InChI=1S/C17H16F3N3O2S/c1-3-4-14-22-10(2)15(26-14)16(24)23-12-5-6-13(11(7-12)8-21)25-9-17(18,19)20/h5-7H,3-4,9H2,1-2H3,(H,23,24). The van der Waals surface area contributed by atoms with Crippen LogP contribution in [0.25, 0.3) is 0 Å². The van der Waals surface area contributed by atoms with Gasteiger partial charge in [0.1, 0.15) is 16.7 Å². The first-order valence-corrected chi connectivity index (χ1v) is 8.56. The van der Waals surface area contributed by atoms with Gasteiger partial charge < -0.3 is 10.1 Å². The number of aromatic nitrogens is 1. The van der Waals surface area contributed by atoms with Crippen LogP contribution in [0.3, 0.4) is 0 Å². The molecule has 0 unspecified atom stereocenters. The zero-order chi connectivity index (χ0) is 19.3. The number of aryl methyl sites for hydroxylation is 2. The number of rotatable bonds is 6. The number of nitrogens with one attached hydrogen (secondary N) is 1. The van der Waals surface area contributed by atoms with Crippen LogP contribution < -0.4 is 10.1 Å². The van der Waals surface area contributed by atoms with Gasteiger partial charge in [-0.2, -0.15) is 18.4 Å². The topological polar surface area (TPSA) is 75.0 Å². The lowest BCUT2D eigenvalue weighted by Crippen LogP contribution is -2.19. The van der Waals surface area contributed by atoms with Gasteiger partial charge in [0.05, 0.1) is 16.3 Å². The van der Waals surface area contributed by atoms with Gasteiger partial charge >= 0.3 is 6.18 Å². The zero-order valence-corrected chi connectivity index (χ0v) is 14.9. The Balaban J connectivity index is 2.14. The maximum atomic E-state index is 12.4. The van der Waals surface area contributed by atoms with E-state index in [2.05, 4.69) is 15.0 Å². The first-order valence-electron chi connectivity index (χ1n) is 7.75. The number of nitrogens with zero attached hydrogens (tertiary/aromatic N) is 2. The van der Waals surface area contributed by atoms with E-state index in [1.807, 2.05) is 6.92 Å². The number of carbonyl (C=O) groups excluding carboxylic acids is 1. The highest BCUT2D eigenvalue weighted by molar-refractivity contribution is 7.13. The Bertz CT molecular complexity index is 841. The van der Waals surface area contributed by atoms with Crippen molar-refractivity contribution in [3.05, 3.63) is 39.3 Å². The summed E-state index contributed by atoms with van der Waals surface area (Å²) < 4.78 is 41.3. The molecule has 0 atom stereocenters. The quantitative estimate of drug-likeness (QED) is 0.799. The molecule has 0 fully saturated rings. The molecule has 2 aromatic rings. The number of thiazole rings is 1. The van der Waals surface area contributed by atoms with Crippen molar-refractivity contribution >= 4 is 22.9 Å². The number of benzene rings is 1. The molecule has 1 aromatic carbocycles. The number of halogens is 3. The van der Waals surface area contributed by atoms with Crippen LogP contribution in [0.5, 0.6) is 5.75 Å². The molecule has 1 aromatic heterocycles. The van der Waals surface area contributed by atoms with Gasteiger partial charge in [0.2, 0.25) is 0 Å². The van der Waals surface area contributed by atoms with Gasteiger partial charge in [-0.05, 0) is 38.0 Å². The predicted molar refractivity (Wildman–Crippen MR) is 91.5 cm³/mol. The molecule has 0 aliphatic rings. The second kappa shape index (κ2) is 8.19. The van der Waals surface area contributed by atoms with Crippen molar-refractivity contribution in [3.8, 4) is 11.8 Å². The van der Waals surface area contributed by atoms with Crippen LogP contribution in [0.1, 0.15) is 39.3 Å². The Morgan fingerprint density at radius 1 is 1.42 bits per heavy atom. The fourth-order valence-corrected chi connectivity index (χ4v) is 3.21. The molecule has 1 amide bonds. The number of anilines is 1. The van der Waals surface area contributed by atoms with Crippen LogP contribution in [0.15, 0.2) is 18.2 Å². The van der Waals surface area contributed by atoms with E-state index < -0.39 is 12.8 Å². The van der Waals surface area contributed by atoms with E-state index in [4.69, 9.17) is 5.26 Å². The largest absolute Gasteiger partial charge is 0.483 e. The number of hydrogen-bond acceptors (Lipinski definition) is 5. The minimum Gasteiger partial charge on any atom is -0.483 e. The molecule has 0 spiro atoms. The second-order valence-electron chi connectivity index (χ2n) is 5.45. The van der Waals surface area contributed by atoms with Crippen molar-refractivity contribution in [1.29, 1.82) is 5.26 Å². The Morgan fingerprint density at radius 2 is 2.15 bits per heavy atom. The van der Waals surface area contributed by atoms with Crippen molar-refractivity contribution in [2.75, 3.05) is 11.9 Å².